The van der Waals surface area contributed by atoms with Crippen LogP contribution in [-0.4, -0.2) is 64.1 Å². The molecule has 28 heavy (non-hydrogen) atoms. The Balaban J connectivity index is 1.33. The minimum atomic E-state index is -0.322. The summed E-state index contributed by atoms with van der Waals surface area (Å²) < 4.78 is 0. The number of fused-ring (bicyclic) bond motifs is 2. The van der Waals surface area contributed by atoms with Gasteiger partial charge in [-0.3, -0.25) is 9.69 Å². The fraction of sp³-hybridized carbons (Fsp3) is 0.619. The van der Waals surface area contributed by atoms with E-state index in [2.05, 4.69) is 22.5 Å². The molecule has 4 heterocycles. The van der Waals surface area contributed by atoms with Crippen molar-refractivity contribution in [3.8, 4) is 5.75 Å². The van der Waals surface area contributed by atoms with Crippen LogP contribution in [0.1, 0.15) is 38.2 Å². The van der Waals surface area contributed by atoms with Crippen LogP contribution in [0.15, 0.2) is 24.3 Å². The lowest BCUT2D eigenvalue weighted by Gasteiger charge is -2.51. The monoisotopic (exact) mass is 384 g/mol. The molecule has 3 N–H and O–H groups in total. The number of hydrogen-bond acceptors (Lipinski definition) is 4. The van der Waals surface area contributed by atoms with Crippen molar-refractivity contribution in [1.29, 1.82) is 0 Å². The second-order valence-corrected chi connectivity index (χ2v) is 9.05. The lowest BCUT2D eigenvalue weighted by atomic mass is 9.69. The Kier molecular flexibility index (Phi) is 3.88. The number of rotatable bonds is 4. The summed E-state index contributed by atoms with van der Waals surface area (Å²) in [6.45, 7) is 4.74. The first-order chi connectivity index (χ1) is 13.4. The highest BCUT2D eigenvalue weighted by Gasteiger charge is 2.62. The molecule has 2 bridgehead atoms. The minimum absolute atomic E-state index is 0.130. The normalized spacial score (nSPS) is 33.0. The van der Waals surface area contributed by atoms with Gasteiger partial charge in [0.15, 0.2) is 0 Å². The zero-order valence-electron chi connectivity index (χ0n) is 16.3. The number of amides is 3. The molecule has 4 fully saturated rings. The van der Waals surface area contributed by atoms with Gasteiger partial charge in [-0.1, -0.05) is 19.1 Å². The molecular formula is C21H28N4O3. The lowest BCUT2D eigenvalue weighted by Crippen LogP contribution is -2.72. The summed E-state index contributed by atoms with van der Waals surface area (Å²) in [4.78, 5) is 29.5. The van der Waals surface area contributed by atoms with Crippen molar-refractivity contribution in [3.63, 3.8) is 0 Å². The SMILES string of the molecule is CC[C@@]1(C(=O)N2CC3(CNC(=O)N3)C2)C[C@@H]2CC[C@H]1N2Cc1cccc(O)c1. The van der Waals surface area contributed by atoms with E-state index in [1.807, 2.05) is 23.1 Å². The number of aromatic hydroxyl groups is 1. The van der Waals surface area contributed by atoms with Gasteiger partial charge in [0.25, 0.3) is 0 Å². The predicted octanol–water partition coefficient (Wildman–Crippen LogP) is 1.42. The number of nitrogens with one attached hydrogen (secondary N) is 2. The molecule has 1 spiro atoms. The molecule has 4 aliphatic heterocycles. The Bertz CT molecular complexity index is 822. The lowest BCUT2D eigenvalue weighted by molar-refractivity contribution is -0.152. The standard InChI is InChI=1S/C21H28N4O3/c1-2-21(18(27)24-12-20(13-24)11-22-19(28)23-20)9-15-6-7-17(21)25(15)10-14-4-3-5-16(26)8-14/h3-5,8,15,17,26H,2,6-7,9-13H2,1H3,(H2,22,23,28)/t15-,17+,21+/m0/s1. The van der Waals surface area contributed by atoms with Gasteiger partial charge in [-0.15, -0.1) is 0 Å². The third-order valence-electron chi connectivity index (χ3n) is 7.45. The van der Waals surface area contributed by atoms with Crippen LogP contribution in [0.25, 0.3) is 0 Å². The van der Waals surface area contributed by atoms with E-state index in [-0.39, 0.29) is 28.9 Å². The Morgan fingerprint density at radius 3 is 2.82 bits per heavy atom. The topological polar surface area (TPSA) is 84.9 Å². The smallest absolute Gasteiger partial charge is 0.315 e. The first-order valence-electron chi connectivity index (χ1n) is 10.3. The highest BCUT2D eigenvalue weighted by molar-refractivity contribution is 5.86. The van der Waals surface area contributed by atoms with E-state index in [0.29, 0.717) is 31.4 Å². The summed E-state index contributed by atoms with van der Waals surface area (Å²) in [5.41, 5.74) is 0.511. The van der Waals surface area contributed by atoms with Crippen molar-refractivity contribution >= 4 is 11.9 Å². The molecule has 0 radical (unpaired) electrons. The average molecular weight is 384 g/mol. The van der Waals surface area contributed by atoms with Gasteiger partial charge in [0.05, 0.1) is 11.0 Å². The number of likely N-dealkylation sites (tertiary alicyclic amines) is 1. The molecule has 0 aliphatic carbocycles. The highest BCUT2D eigenvalue weighted by atomic mass is 16.3. The van der Waals surface area contributed by atoms with E-state index in [4.69, 9.17) is 0 Å². The van der Waals surface area contributed by atoms with Crippen molar-refractivity contribution in [2.24, 2.45) is 5.41 Å². The van der Waals surface area contributed by atoms with Crippen LogP contribution in [0, 0.1) is 5.41 Å². The van der Waals surface area contributed by atoms with Gasteiger partial charge in [-0.05, 0) is 43.4 Å². The van der Waals surface area contributed by atoms with Crippen LogP contribution in [0.5, 0.6) is 5.75 Å². The van der Waals surface area contributed by atoms with Gasteiger partial charge >= 0.3 is 6.03 Å². The molecule has 3 atom stereocenters. The van der Waals surface area contributed by atoms with E-state index in [9.17, 15) is 14.7 Å². The number of phenolic OH excluding ortho intramolecular Hbond substituents is 1. The van der Waals surface area contributed by atoms with E-state index < -0.39 is 0 Å². The zero-order valence-corrected chi connectivity index (χ0v) is 16.3. The number of hydrogen-bond donors (Lipinski definition) is 3. The molecule has 4 aliphatic rings. The molecule has 7 heteroatoms. The molecular weight excluding hydrogens is 356 g/mol. The van der Waals surface area contributed by atoms with Crippen LogP contribution in [0.4, 0.5) is 4.79 Å². The van der Waals surface area contributed by atoms with E-state index in [0.717, 1.165) is 37.8 Å². The number of urea groups is 1. The fourth-order valence-corrected chi connectivity index (χ4v) is 6.08. The van der Waals surface area contributed by atoms with Crippen molar-refractivity contribution < 1.29 is 14.7 Å². The molecule has 5 rings (SSSR count). The van der Waals surface area contributed by atoms with Crippen LogP contribution in [0.3, 0.4) is 0 Å². The van der Waals surface area contributed by atoms with Crippen molar-refractivity contribution in [2.45, 2.75) is 56.8 Å². The number of carbonyl (C=O) groups is 2. The third-order valence-corrected chi connectivity index (χ3v) is 7.45. The first kappa shape index (κ1) is 17.8. The number of phenols is 1. The molecule has 1 aromatic carbocycles. The Morgan fingerprint density at radius 1 is 1.32 bits per heavy atom. The Hall–Kier alpha value is -2.28. The maximum atomic E-state index is 13.6. The molecule has 3 amide bonds. The summed E-state index contributed by atoms with van der Waals surface area (Å²) in [5, 5.41) is 15.6. The van der Waals surface area contributed by atoms with Gasteiger partial charge in [0, 0.05) is 38.3 Å². The van der Waals surface area contributed by atoms with Gasteiger partial charge in [-0.2, -0.15) is 0 Å². The maximum absolute atomic E-state index is 13.6. The Labute approximate surface area is 165 Å². The van der Waals surface area contributed by atoms with E-state index in [1.165, 1.54) is 0 Å². The fourth-order valence-electron chi connectivity index (χ4n) is 6.08. The van der Waals surface area contributed by atoms with Gasteiger partial charge < -0.3 is 20.6 Å². The van der Waals surface area contributed by atoms with Crippen molar-refractivity contribution in [2.75, 3.05) is 19.6 Å². The summed E-state index contributed by atoms with van der Waals surface area (Å²) in [7, 11) is 0. The summed E-state index contributed by atoms with van der Waals surface area (Å²) in [6.07, 6.45) is 3.96. The van der Waals surface area contributed by atoms with Crippen molar-refractivity contribution in [1.82, 2.24) is 20.4 Å². The molecule has 0 aromatic heterocycles. The second-order valence-electron chi connectivity index (χ2n) is 9.05. The third kappa shape index (κ3) is 2.52. The zero-order chi connectivity index (χ0) is 19.5. The number of benzene rings is 1. The van der Waals surface area contributed by atoms with Crippen molar-refractivity contribution in [3.05, 3.63) is 29.8 Å². The van der Waals surface area contributed by atoms with Gasteiger partial charge in [0.2, 0.25) is 5.91 Å². The first-order valence-corrected chi connectivity index (χ1v) is 10.3. The molecule has 1 aromatic rings. The van der Waals surface area contributed by atoms with Gasteiger partial charge in [0.1, 0.15) is 5.75 Å². The summed E-state index contributed by atoms with van der Waals surface area (Å²) >= 11 is 0. The molecule has 4 saturated heterocycles. The van der Waals surface area contributed by atoms with Crippen LogP contribution >= 0.6 is 0 Å². The number of nitrogens with zero attached hydrogens (tertiary/aromatic N) is 2. The average Bonchev–Trinajstić information content (AvgIpc) is 3.31. The second kappa shape index (κ2) is 6.11. The van der Waals surface area contributed by atoms with E-state index in [1.54, 1.807) is 6.07 Å². The quantitative estimate of drug-likeness (QED) is 0.733. The largest absolute Gasteiger partial charge is 0.508 e. The summed E-state index contributed by atoms with van der Waals surface area (Å²) in [6, 6.07) is 7.99. The molecule has 7 nitrogen and oxygen atoms in total. The van der Waals surface area contributed by atoms with Crippen LogP contribution in [-0.2, 0) is 11.3 Å². The molecule has 150 valence electrons. The molecule has 0 saturated carbocycles. The Morgan fingerprint density at radius 2 is 2.14 bits per heavy atom. The number of carbonyl (C=O) groups excluding carboxylic acids is 2. The predicted molar refractivity (Wildman–Crippen MR) is 104 cm³/mol. The minimum Gasteiger partial charge on any atom is -0.508 e. The highest BCUT2D eigenvalue weighted by Crippen LogP contribution is 2.53. The van der Waals surface area contributed by atoms with Gasteiger partial charge in [-0.25, -0.2) is 4.79 Å². The molecule has 0 unspecified atom stereocenters. The summed E-state index contributed by atoms with van der Waals surface area (Å²) in [5.74, 6) is 0.551. The van der Waals surface area contributed by atoms with E-state index >= 15 is 0 Å². The van der Waals surface area contributed by atoms with Crippen LogP contribution in [0.2, 0.25) is 0 Å². The maximum Gasteiger partial charge on any atom is 0.315 e. The van der Waals surface area contributed by atoms with Crippen LogP contribution < -0.4 is 10.6 Å².